The first-order chi connectivity index (χ1) is 26.0. The molecule has 22 heteroatoms. The molecule has 55 heavy (non-hydrogen) atoms. The molecule has 0 radical (unpaired) electrons. The van der Waals surface area contributed by atoms with Gasteiger partial charge in [0.1, 0.15) is 83.4 Å². The van der Waals surface area contributed by atoms with Gasteiger partial charge in [-0.3, -0.25) is 9.71 Å². The summed E-state index contributed by atoms with van der Waals surface area (Å²) in [6.07, 6.45) is -14.9. The second kappa shape index (κ2) is 18.1. The zero-order chi connectivity index (χ0) is 40.4. The fourth-order valence-corrected chi connectivity index (χ4v) is 8.17. The number of sulfonamides is 1. The average molecular weight is 805 g/mol. The van der Waals surface area contributed by atoms with Crippen molar-refractivity contribution in [1.82, 2.24) is 4.72 Å². The number of rotatable bonds is 9. The molecule has 16 N–H and O–H groups in total. The predicted octanol–water partition coefficient (Wildman–Crippen LogP) is -4.61. The van der Waals surface area contributed by atoms with Crippen LogP contribution < -0.4 is 27.7 Å². The van der Waals surface area contributed by atoms with Gasteiger partial charge in [0.05, 0.1) is 25.5 Å². The fraction of sp³-hybridized carbons (Fsp3) is 0.606. The maximum Gasteiger partial charge on any atom is 0.264 e. The number of furan rings is 1. The highest BCUT2D eigenvalue weighted by molar-refractivity contribution is 8.00. The van der Waals surface area contributed by atoms with Gasteiger partial charge in [-0.25, -0.2) is 12.8 Å². The van der Waals surface area contributed by atoms with Crippen molar-refractivity contribution >= 4 is 20.8 Å². The third-order valence-electron chi connectivity index (χ3n) is 9.76. The molecule has 4 aliphatic rings. The monoisotopic (exact) mass is 804 g/mol. The molecule has 3 aliphatic heterocycles. The van der Waals surface area contributed by atoms with Crippen molar-refractivity contribution in [2.75, 3.05) is 13.2 Å². The summed E-state index contributed by atoms with van der Waals surface area (Å²) in [7, 11) is -3.70. The third kappa shape index (κ3) is 9.42. The Kier molecular flexibility index (Phi) is 14.2. The van der Waals surface area contributed by atoms with E-state index in [1.165, 1.54) is 30.5 Å². The Morgan fingerprint density at radius 3 is 2.02 bits per heavy atom. The number of nitrogens with one attached hydrogen (secondary N) is 1. The van der Waals surface area contributed by atoms with Crippen molar-refractivity contribution in [2.24, 2.45) is 27.9 Å². The number of benzene rings is 1. The molecular weight excluding hydrogens is 755 g/mol. The molecule has 1 aromatic heterocycles. The maximum absolute atomic E-state index is 13.0. The molecule has 2 saturated heterocycles. The zero-order valence-electron chi connectivity index (χ0n) is 29.6. The minimum absolute atomic E-state index is 0.0849. The summed E-state index contributed by atoms with van der Waals surface area (Å²) in [5.41, 5.74) is 24.4. The molecule has 0 spiro atoms. The highest BCUT2D eigenvalue weighted by atomic mass is 32.2. The minimum Gasteiger partial charge on any atom is -0.467 e. The van der Waals surface area contributed by atoms with E-state index in [9.17, 15) is 48.6 Å². The Morgan fingerprint density at radius 1 is 0.855 bits per heavy atom. The largest absolute Gasteiger partial charge is 0.467 e. The molecular formula is C33H49FN6O14S. The van der Waals surface area contributed by atoms with E-state index in [4.69, 9.17) is 46.3 Å². The second-order valence-corrected chi connectivity index (χ2v) is 15.2. The van der Waals surface area contributed by atoms with Crippen LogP contribution in [0.4, 0.5) is 4.39 Å². The van der Waals surface area contributed by atoms with Gasteiger partial charge in [0.2, 0.25) is 0 Å². The van der Waals surface area contributed by atoms with E-state index < -0.39 is 114 Å². The number of aliphatic imine (C=N–C) groups is 1. The van der Waals surface area contributed by atoms with Gasteiger partial charge in [-0.15, -0.1) is 0 Å². The number of halogens is 1. The number of aliphatic hydroxyl groups is 7. The molecule has 0 unspecified atom stereocenters. The van der Waals surface area contributed by atoms with E-state index in [2.05, 4.69) is 9.71 Å². The number of nitrogens with zero attached hydrogens (tertiary/aromatic N) is 1. The first-order valence-electron chi connectivity index (χ1n) is 17.3. The van der Waals surface area contributed by atoms with E-state index >= 15 is 0 Å². The van der Waals surface area contributed by atoms with Gasteiger partial charge in [0.15, 0.2) is 12.6 Å². The lowest BCUT2D eigenvalue weighted by atomic mass is 9.84. The van der Waals surface area contributed by atoms with Crippen molar-refractivity contribution in [1.29, 1.82) is 0 Å². The highest BCUT2D eigenvalue weighted by Gasteiger charge is 2.51. The van der Waals surface area contributed by atoms with Gasteiger partial charge in [-0.05, 0) is 43.2 Å². The normalized spacial score (nSPS) is 39.7. The molecule has 308 valence electrons. The van der Waals surface area contributed by atoms with Crippen LogP contribution in [0, 0.1) is 5.82 Å². The van der Waals surface area contributed by atoms with Gasteiger partial charge in [-0.2, -0.15) is 0 Å². The van der Waals surface area contributed by atoms with Crippen LogP contribution >= 0.6 is 0 Å². The van der Waals surface area contributed by atoms with E-state index in [1.54, 1.807) is 19.1 Å². The fourth-order valence-electron chi connectivity index (χ4n) is 6.65. The maximum atomic E-state index is 13.0. The number of ether oxygens (including phenoxy) is 4. The molecule has 20 nitrogen and oxygen atoms in total. The lowest BCUT2D eigenvalue weighted by molar-refractivity contribution is -0.332. The standard InChI is InChI=1S/C18H36N4O11.C15H13FN2O3S/c19-2-6-10(25)12(27)13(28)18(30-6)33-16-5(21)1-4(20)15(14(16)29)32-17-11(26)8(22)9(24)7(3-23)31-17;1-10-14(11-4-6-12(16)7-5-11)22(19,20)18-15(10)17-9-13-3-2-8-21-13/h4-18,23-29H,1-3,19-22H2;2-8H,9H2,1H3,(H,17,18)/t4-,5+,6-,7-,8+,9-,10-,11-,12+,13-,14-,15+,16-,17-,18-;/m1./s1. The first-order valence-corrected chi connectivity index (χ1v) is 18.8. The molecule has 0 amide bonds. The Balaban J connectivity index is 0.000000228. The number of hydrogen-bond acceptors (Lipinski definition) is 19. The highest BCUT2D eigenvalue weighted by Crippen LogP contribution is 2.32. The molecule has 1 saturated carbocycles. The number of nitrogens with two attached hydrogens (primary N) is 4. The van der Waals surface area contributed by atoms with E-state index in [0.29, 0.717) is 16.9 Å². The first kappa shape index (κ1) is 43.1. The molecule has 3 fully saturated rings. The van der Waals surface area contributed by atoms with Gasteiger partial charge < -0.3 is 82.0 Å². The van der Waals surface area contributed by atoms with E-state index in [1.807, 2.05) is 0 Å². The van der Waals surface area contributed by atoms with Gasteiger partial charge in [0, 0.05) is 24.2 Å². The predicted molar refractivity (Wildman–Crippen MR) is 189 cm³/mol. The van der Waals surface area contributed by atoms with Crippen molar-refractivity contribution in [3.05, 3.63) is 65.4 Å². The van der Waals surface area contributed by atoms with Crippen LogP contribution in [-0.4, -0.2) is 155 Å². The topological polar surface area (TPSA) is 354 Å². The summed E-state index contributed by atoms with van der Waals surface area (Å²) in [6.45, 7) is 1.14. The zero-order valence-corrected chi connectivity index (χ0v) is 30.4. The molecule has 0 bridgehead atoms. The van der Waals surface area contributed by atoms with Crippen LogP contribution in [0.15, 0.2) is 57.6 Å². The van der Waals surface area contributed by atoms with Crippen LogP contribution in [0.1, 0.15) is 24.7 Å². The van der Waals surface area contributed by atoms with Crippen LogP contribution in [0.2, 0.25) is 0 Å². The van der Waals surface area contributed by atoms with Crippen LogP contribution in [0.25, 0.3) is 4.91 Å². The summed E-state index contributed by atoms with van der Waals surface area (Å²) in [6, 6.07) is 5.95. The SMILES string of the molecule is CC1=C(c2ccc(F)cc2)S(=O)(=O)NC1=NCc1ccco1.NC[C@H]1O[C@H](O[C@H]2[C@H](O)[C@@H](O[C@H]3O[C@H](CO)[C@@H](O)[C@H](N)[C@H]3O)[C@H](N)C[C@@H]2N)[C@H](O)[C@@H](O)[C@@H]1O. The minimum atomic E-state index is -3.70. The van der Waals surface area contributed by atoms with Crippen LogP contribution in [-0.2, 0) is 35.5 Å². The van der Waals surface area contributed by atoms with E-state index in [0.717, 1.165) is 0 Å². The smallest absolute Gasteiger partial charge is 0.264 e. The lowest BCUT2D eigenvalue weighted by Gasteiger charge is -2.48. The Labute approximate surface area is 315 Å². The molecule has 1 aromatic carbocycles. The summed E-state index contributed by atoms with van der Waals surface area (Å²) < 4.78 is 67.3. The number of hydrogen-bond donors (Lipinski definition) is 12. The van der Waals surface area contributed by atoms with Crippen LogP contribution in [0.5, 0.6) is 0 Å². The van der Waals surface area contributed by atoms with Gasteiger partial charge >= 0.3 is 0 Å². The third-order valence-corrected chi connectivity index (χ3v) is 11.3. The number of aliphatic hydroxyl groups excluding tert-OH is 7. The number of amidine groups is 1. The Morgan fingerprint density at radius 2 is 1.45 bits per heavy atom. The summed E-state index contributed by atoms with van der Waals surface area (Å²) in [4.78, 5) is 4.35. The summed E-state index contributed by atoms with van der Waals surface area (Å²) in [5.74, 6) is 0.488. The average Bonchev–Trinajstić information content (AvgIpc) is 3.76. The molecule has 15 atom stereocenters. The molecule has 4 heterocycles. The Bertz CT molecular complexity index is 1690. The lowest BCUT2D eigenvalue weighted by Crippen LogP contribution is -2.68. The second-order valence-electron chi connectivity index (χ2n) is 13.6. The van der Waals surface area contributed by atoms with Crippen molar-refractivity contribution in [3.8, 4) is 0 Å². The Hall–Kier alpha value is -3.01. The van der Waals surface area contributed by atoms with E-state index in [-0.39, 0.29) is 30.3 Å². The summed E-state index contributed by atoms with van der Waals surface area (Å²) in [5, 5.41) is 70.9. The van der Waals surface area contributed by atoms with Crippen LogP contribution in [0.3, 0.4) is 0 Å². The van der Waals surface area contributed by atoms with Crippen molar-refractivity contribution in [2.45, 2.75) is 112 Å². The van der Waals surface area contributed by atoms with Gasteiger partial charge in [-0.1, -0.05) is 12.1 Å². The van der Waals surface area contributed by atoms with Gasteiger partial charge in [0.25, 0.3) is 10.0 Å². The molecule has 1 aliphatic carbocycles. The molecule has 2 aromatic rings. The summed E-state index contributed by atoms with van der Waals surface area (Å²) >= 11 is 0. The molecule has 6 rings (SSSR count). The van der Waals surface area contributed by atoms with Crippen molar-refractivity contribution in [3.63, 3.8) is 0 Å². The quantitative estimate of drug-likeness (QED) is 0.113. The van der Waals surface area contributed by atoms with Crippen molar-refractivity contribution < 1.29 is 71.9 Å².